The molecule has 3 fully saturated rings. The standard InChI is InChI=1S/C18H19ClN2O2S/c19-13-1-3-14(4-2-13)23-17-6-5-16(24-17)18(22)20-15-11-21-9-7-12(15)8-10-21/h1-6,12,15H,7-11H2,(H,20,22). The summed E-state index contributed by atoms with van der Waals surface area (Å²) in [5.74, 6) is 1.35. The molecule has 2 bridgehead atoms. The van der Waals surface area contributed by atoms with E-state index in [1.54, 1.807) is 12.1 Å². The first-order chi connectivity index (χ1) is 11.7. The van der Waals surface area contributed by atoms with E-state index in [1.165, 1.54) is 37.3 Å². The minimum Gasteiger partial charge on any atom is -0.447 e. The van der Waals surface area contributed by atoms with Crippen LogP contribution in [-0.2, 0) is 0 Å². The Balaban J connectivity index is 1.39. The van der Waals surface area contributed by atoms with E-state index in [2.05, 4.69) is 10.2 Å². The Morgan fingerprint density at radius 1 is 1.17 bits per heavy atom. The number of amides is 1. The molecule has 1 atom stereocenters. The number of ether oxygens (including phenoxy) is 1. The van der Waals surface area contributed by atoms with Crippen LogP contribution in [0.25, 0.3) is 0 Å². The van der Waals surface area contributed by atoms with Gasteiger partial charge in [0.25, 0.3) is 5.91 Å². The van der Waals surface area contributed by atoms with Crippen molar-refractivity contribution in [1.82, 2.24) is 10.2 Å². The molecule has 1 aromatic carbocycles. The summed E-state index contributed by atoms with van der Waals surface area (Å²) in [4.78, 5) is 15.6. The second-order valence-corrected chi connectivity index (χ2v) is 7.88. The third-order valence-corrected chi connectivity index (χ3v) is 6.02. The Kier molecular flexibility index (Phi) is 4.48. The molecule has 3 saturated heterocycles. The van der Waals surface area contributed by atoms with Crippen LogP contribution in [0.3, 0.4) is 0 Å². The van der Waals surface area contributed by atoms with Crippen molar-refractivity contribution in [1.29, 1.82) is 0 Å². The highest BCUT2D eigenvalue weighted by Gasteiger charge is 2.35. The fourth-order valence-corrected chi connectivity index (χ4v) is 4.39. The first-order valence-corrected chi connectivity index (χ1v) is 9.43. The van der Waals surface area contributed by atoms with Crippen LogP contribution in [0.5, 0.6) is 10.8 Å². The van der Waals surface area contributed by atoms with Crippen molar-refractivity contribution in [3.05, 3.63) is 46.3 Å². The summed E-state index contributed by atoms with van der Waals surface area (Å²) in [6, 6.07) is 11.1. The van der Waals surface area contributed by atoms with Crippen molar-refractivity contribution in [2.75, 3.05) is 19.6 Å². The Labute approximate surface area is 150 Å². The Morgan fingerprint density at radius 2 is 1.92 bits per heavy atom. The Hall–Kier alpha value is -1.56. The quantitative estimate of drug-likeness (QED) is 0.893. The van der Waals surface area contributed by atoms with Gasteiger partial charge in [-0.25, -0.2) is 0 Å². The van der Waals surface area contributed by atoms with E-state index < -0.39 is 0 Å². The summed E-state index contributed by atoms with van der Waals surface area (Å²) < 4.78 is 5.78. The van der Waals surface area contributed by atoms with Gasteiger partial charge in [0, 0.05) is 17.6 Å². The number of nitrogens with one attached hydrogen (secondary N) is 1. The van der Waals surface area contributed by atoms with E-state index >= 15 is 0 Å². The van der Waals surface area contributed by atoms with Crippen molar-refractivity contribution in [2.45, 2.75) is 18.9 Å². The number of hydrogen-bond donors (Lipinski definition) is 1. The number of fused-ring (bicyclic) bond motifs is 3. The minimum atomic E-state index is 0.00436. The molecule has 4 heterocycles. The highest BCUT2D eigenvalue weighted by Crippen LogP contribution is 2.31. The number of carbonyl (C=O) groups is 1. The average molecular weight is 363 g/mol. The van der Waals surface area contributed by atoms with Crippen molar-refractivity contribution in [2.24, 2.45) is 5.92 Å². The fraction of sp³-hybridized carbons (Fsp3) is 0.389. The minimum absolute atomic E-state index is 0.00436. The third kappa shape index (κ3) is 3.43. The number of rotatable bonds is 4. The first kappa shape index (κ1) is 15.9. The predicted molar refractivity (Wildman–Crippen MR) is 96.3 cm³/mol. The maximum Gasteiger partial charge on any atom is 0.261 e. The van der Waals surface area contributed by atoms with Crippen molar-refractivity contribution in [3.63, 3.8) is 0 Å². The molecule has 0 radical (unpaired) electrons. The monoisotopic (exact) mass is 362 g/mol. The maximum absolute atomic E-state index is 12.5. The molecule has 0 spiro atoms. The molecule has 126 valence electrons. The average Bonchev–Trinajstić information content (AvgIpc) is 3.07. The summed E-state index contributed by atoms with van der Waals surface area (Å²) in [6.07, 6.45) is 2.39. The second kappa shape index (κ2) is 6.75. The van der Waals surface area contributed by atoms with E-state index in [4.69, 9.17) is 16.3 Å². The molecule has 1 N–H and O–H groups in total. The van der Waals surface area contributed by atoms with Gasteiger partial charge >= 0.3 is 0 Å². The lowest BCUT2D eigenvalue weighted by atomic mass is 9.84. The van der Waals surface area contributed by atoms with Gasteiger partial charge in [0.15, 0.2) is 5.06 Å². The van der Waals surface area contributed by atoms with Gasteiger partial charge in [0.2, 0.25) is 0 Å². The summed E-state index contributed by atoms with van der Waals surface area (Å²) in [7, 11) is 0. The highest BCUT2D eigenvalue weighted by atomic mass is 35.5. The van der Waals surface area contributed by atoms with Crippen LogP contribution < -0.4 is 10.1 Å². The van der Waals surface area contributed by atoms with E-state index in [9.17, 15) is 4.79 Å². The van der Waals surface area contributed by atoms with Crippen LogP contribution in [0.1, 0.15) is 22.5 Å². The lowest BCUT2D eigenvalue weighted by Gasteiger charge is -2.44. The SMILES string of the molecule is O=C(NC1CN2CCC1CC2)c1ccc(Oc2ccc(Cl)cc2)s1. The lowest BCUT2D eigenvalue weighted by molar-refractivity contribution is 0.0622. The van der Waals surface area contributed by atoms with Crippen molar-refractivity contribution < 1.29 is 9.53 Å². The Morgan fingerprint density at radius 3 is 2.58 bits per heavy atom. The number of benzene rings is 1. The van der Waals surface area contributed by atoms with Crippen molar-refractivity contribution in [3.8, 4) is 10.8 Å². The third-order valence-electron chi connectivity index (χ3n) is 4.81. The van der Waals surface area contributed by atoms with Crippen LogP contribution in [0.15, 0.2) is 36.4 Å². The molecule has 5 rings (SSSR count). The molecule has 1 unspecified atom stereocenters. The van der Waals surface area contributed by atoms with Crippen molar-refractivity contribution >= 4 is 28.8 Å². The van der Waals surface area contributed by atoms with Crippen LogP contribution in [0.2, 0.25) is 5.02 Å². The Bertz CT molecular complexity index is 723. The lowest BCUT2D eigenvalue weighted by Crippen LogP contribution is -2.57. The molecular weight excluding hydrogens is 344 g/mol. The van der Waals surface area contributed by atoms with Gasteiger partial charge < -0.3 is 15.0 Å². The molecular formula is C18H19ClN2O2S. The van der Waals surface area contributed by atoms with Gasteiger partial charge in [0.05, 0.1) is 4.88 Å². The number of hydrogen-bond acceptors (Lipinski definition) is 4. The second-order valence-electron chi connectivity index (χ2n) is 6.39. The maximum atomic E-state index is 12.5. The largest absolute Gasteiger partial charge is 0.447 e. The number of thiophene rings is 1. The van der Waals surface area contributed by atoms with E-state index in [0.717, 1.165) is 6.54 Å². The van der Waals surface area contributed by atoms with Gasteiger partial charge in [-0.2, -0.15) is 0 Å². The predicted octanol–water partition coefficient (Wildman–Crippen LogP) is 4.02. The summed E-state index contributed by atoms with van der Waals surface area (Å²) in [5.41, 5.74) is 0. The number of piperidine rings is 3. The topological polar surface area (TPSA) is 41.6 Å². The molecule has 6 heteroatoms. The summed E-state index contributed by atoms with van der Waals surface area (Å²) in [6.45, 7) is 3.33. The molecule has 0 saturated carbocycles. The normalized spacial score (nSPS) is 25.5. The van der Waals surface area contributed by atoms with Gasteiger partial charge in [-0.05, 0) is 68.2 Å². The van der Waals surface area contributed by atoms with Crippen LogP contribution in [0.4, 0.5) is 0 Å². The zero-order valence-corrected chi connectivity index (χ0v) is 14.8. The molecule has 1 aromatic heterocycles. The molecule has 4 nitrogen and oxygen atoms in total. The highest BCUT2D eigenvalue weighted by molar-refractivity contribution is 7.15. The van der Waals surface area contributed by atoms with E-state index in [0.29, 0.717) is 26.6 Å². The molecule has 1 amide bonds. The molecule has 3 aliphatic rings. The first-order valence-electron chi connectivity index (χ1n) is 8.24. The van der Waals surface area contributed by atoms with Gasteiger partial charge in [-0.3, -0.25) is 4.79 Å². The van der Waals surface area contributed by atoms with Crippen LogP contribution in [0, 0.1) is 5.92 Å². The van der Waals surface area contributed by atoms with Gasteiger partial charge in [-0.15, -0.1) is 0 Å². The molecule has 0 aliphatic carbocycles. The molecule has 24 heavy (non-hydrogen) atoms. The zero-order valence-electron chi connectivity index (χ0n) is 13.2. The fourth-order valence-electron chi connectivity index (χ4n) is 3.48. The van der Waals surface area contributed by atoms with Crippen LogP contribution in [-0.4, -0.2) is 36.5 Å². The van der Waals surface area contributed by atoms with E-state index in [-0.39, 0.29) is 11.9 Å². The number of halogens is 1. The van der Waals surface area contributed by atoms with Gasteiger partial charge in [-0.1, -0.05) is 22.9 Å². The number of carbonyl (C=O) groups excluding carboxylic acids is 1. The zero-order chi connectivity index (χ0) is 16.5. The van der Waals surface area contributed by atoms with Crippen LogP contribution >= 0.6 is 22.9 Å². The smallest absolute Gasteiger partial charge is 0.261 e. The molecule has 2 aromatic rings. The summed E-state index contributed by atoms with van der Waals surface area (Å²) >= 11 is 7.24. The van der Waals surface area contributed by atoms with E-state index in [1.807, 2.05) is 24.3 Å². The molecule has 3 aliphatic heterocycles. The van der Waals surface area contributed by atoms with Gasteiger partial charge in [0.1, 0.15) is 5.75 Å². The number of nitrogens with zero attached hydrogens (tertiary/aromatic N) is 1. The summed E-state index contributed by atoms with van der Waals surface area (Å²) in [5, 5.41) is 4.59.